The van der Waals surface area contributed by atoms with Gasteiger partial charge in [0.05, 0.1) is 24.4 Å². The molecule has 3 rings (SSSR count). The molecule has 29 heavy (non-hydrogen) atoms. The number of amides is 1. The van der Waals surface area contributed by atoms with Crippen molar-refractivity contribution in [1.82, 2.24) is 14.7 Å². The molecule has 154 valence electrons. The predicted molar refractivity (Wildman–Crippen MR) is 108 cm³/mol. The van der Waals surface area contributed by atoms with Gasteiger partial charge in [-0.2, -0.15) is 9.41 Å². The summed E-state index contributed by atoms with van der Waals surface area (Å²) in [5.41, 5.74) is 3.06. The molecule has 1 aromatic carbocycles. The van der Waals surface area contributed by atoms with E-state index in [-0.39, 0.29) is 16.2 Å². The molecule has 0 unspecified atom stereocenters. The summed E-state index contributed by atoms with van der Waals surface area (Å²) >= 11 is 5.92. The van der Waals surface area contributed by atoms with Gasteiger partial charge in [-0.1, -0.05) is 11.6 Å². The second-order valence-electron chi connectivity index (χ2n) is 6.28. The third kappa shape index (κ3) is 4.91. The summed E-state index contributed by atoms with van der Waals surface area (Å²) in [6.45, 7) is 3.07. The van der Waals surface area contributed by atoms with Gasteiger partial charge in [-0.3, -0.25) is 9.78 Å². The summed E-state index contributed by atoms with van der Waals surface area (Å²) in [5, 5.41) is 14.3. The summed E-state index contributed by atoms with van der Waals surface area (Å²) in [6.07, 6.45) is 2.46. The fourth-order valence-electron chi connectivity index (χ4n) is 2.72. The molecule has 0 radical (unpaired) electrons. The zero-order valence-electron chi connectivity index (χ0n) is 15.5. The molecular weight excluding hydrogens is 420 g/mol. The summed E-state index contributed by atoms with van der Waals surface area (Å²) < 4.78 is 30.9. The number of hydrogen-bond donors (Lipinski definition) is 2. The fraction of sp³-hybridized carbons (Fsp3) is 0.278. The van der Waals surface area contributed by atoms with Crippen molar-refractivity contribution < 1.29 is 23.1 Å². The van der Waals surface area contributed by atoms with Gasteiger partial charge in [-0.15, -0.1) is 0 Å². The highest BCUT2D eigenvalue weighted by Gasteiger charge is 2.29. The van der Waals surface area contributed by atoms with Crippen LogP contribution < -0.4 is 5.43 Å². The highest BCUT2D eigenvalue weighted by Crippen LogP contribution is 2.22. The molecule has 9 nitrogen and oxygen atoms in total. The number of rotatable bonds is 5. The number of nitrogens with one attached hydrogen (secondary N) is 1. The van der Waals surface area contributed by atoms with E-state index in [1.807, 2.05) is 0 Å². The Labute approximate surface area is 173 Å². The standard InChI is InChI=1S/C18H19ClN4O5S/c1-12(16-9-14(19)2-3-17(16)24)21-22-18(25)13-8-15(11-20-10-13)29(26,27)23-4-6-28-7-5-23/h2-3,8-11,24H,4-7H2,1H3,(H,22,25)/p+1/b21-12+. The van der Waals surface area contributed by atoms with Crippen molar-refractivity contribution in [3.63, 3.8) is 0 Å². The molecule has 2 aromatic rings. The van der Waals surface area contributed by atoms with Crippen LogP contribution in [0.15, 0.2) is 46.7 Å². The van der Waals surface area contributed by atoms with E-state index >= 15 is 0 Å². The fourth-order valence-corrected chi connectivity index (χ4v) is 4.30. The maximum absolute atomic E-state index is 12.7. The van der Waals surface area contributed by atoms with E-state index in [0.717, 1.165) is 0 Å². The smallest absolute Gasteiger partial charge is 0.272 e. The van der Waals surface area contributed by atoms with Crippen molar-refractivity contribution in [2.24, 2.45) is 5.10 Å². The Morgan fingerprint density at radius 3 is 2.72 bits per heavy atom. The number of carbonyl (C=O) groups excluding carboxylic acids is 1. The third-order valence-electron chi connectivity index (χ3n) is 4.30. The number of aliphatic hydroxyl groups is 2. The maximum Gasteiger partial charge on any atom is 0.272 e. The lowest BCUT2D eigenvalue weighted by Gasteiger charge is -2.23. The molecule has 1 aliphatic rings. The van der Waals surface area contributed by atoms with Crippen molar-refractivity contribution in [2.45, 2.75) is 11.8 Å². The van der Waals surface area contributed by atoms with E-state index in [1.54, 1.807) is 6.92 Å². The highest BCUT2D eigenvalue weighted by atomic mass is 35.5. The van der Waals surface area contributed by atoms with Crippen LogP contribution in [-0.2, 0) is 10.0 Å². The molecule has 0 spiro atoms. The first-order chi connectivity index (χ1) is 13.8. The number of sulfonamides is 1. The number of carbonyl (C=O) groups is 1. The summed E-state index contributed by atoms with van der Waals surface area (Å²) in [7, 11) is -3.76. The van der Waals surface area contributed by atoms with Crippen molar-refractivity contribution >= 4 is 33.2 Å². The van der Waals surface area contributed by atoms with Gasteiger partial charge in [0.15, 0.2) is 13.2 Å². The number of ether oxygens (including phenoxy) is 1. The first-order valence-electron chi connectivity index (χ1n) is 8.71. The molecular formula is C18H20ClN4O5S+. The average Bonchev–Trinajstić information content (AvgIpc) is 2.74. The molecule has 0 aliphatic carbocycles. The lowest BCUT2D eigenvalue weighted by Crippen LogP contribution is -2.42. The van der Waals surface area contributed by atoms with Gasteiger partial charge in [-0.05, 0) is 31.2 Å². The van der Waals surface area contributed by atoms with E-state index in [0.29, 0.717) is 42.6 Å². The van der Waals surface area contributed by atoms with Gasteiger partial charge in [-0.25, -0.2) is 13.8 Å². The highest BCUT2D eigenvalue weighted by molar-refractivity contribution is 7.89. The molecule has 1 fully saturated rings. The topological polar surface area (TPSA) is 125 Å². The van der Waals surface area contributed by atoms with Crippen LogP contribution in [0.1, 0.15) is 22.8 Å². The van der Waals surface area contributed by atoms with Crippen LogP contribution in [0.2, 0.25) is 5.02 Å². The number of benzene rings is 1. The summed E-state index contributed by atoms with van der Waals surface area (Å²) in [5.74, 6) is -0.669. The van der Waals surface area contributed by atoms with Crippen molar-refractivity contribution in [2.75, 3.05) is 26.3 Å². The largest absolute Gasteiger partial charge is 0.507 e. The van der Waals surface area contributed by atoms with Crippen LogP contribution in [0, 0.1) is 0 Å². The molecule has 3 N–H and O–H groups in total. The molecule has 2 heterocycles. The maximum atomic E-state index is 12.7. The molecule has 0 atom stereocenters. The van der Waals surface area contributed by atoms with Gasteiger partial charge in [0.25, 0.3) is 5.91 Å². The minimum absolute atomic E-state index is 0.0343. The molecule has 1 aromatic heterocycles. The van der Waals surface area contributed by atoms with Crippen molar-refractivity contribution in [1.29, 1.82) is 0 Å². The van der Waals surface area contributed by atoms with Crippen molar-refractivity contribution in [3.05, 3.63) is 52.8 Å². The van der Waals surface area contributed by atoms with Crippen LogP contribution in [0.4, 0.5) is 0 Å². The number of nitrogens with zero attached hydrogens (tertiary/aromatic N) is 3. The monoisotopic (exact) mass is 439 g/mol. The molecule has 0 bridgehead atoms. The third-order valence-corrected chi connectivity index (χ3v) is 6.40. The quantitative estimate of drug-likeness (QED) is 0.410. The van der Waals surface area contributed by atoms with Gasteiger partial charge < -0.3 is 9.84 Å². The minimum atomic E-state index is -3.76. The molecule has 1 amide bonds. The Kier molecular flexibility index (Phi) is 6.48. The van der Waals surface area contributed by atoms with E-state index in [4.69, 9.17) is 11.6 Å². The Morgan fingerprint density at radius 2 is 2.00 bits per heavy atom. The SMILES string of the molecule is C/C(=N\NC(=O)c1cncc(S(=O)(=O)N2CC[OH+]CC2)c1)c1cc(Cl)ccc1O. The lowest BCUT2D eigenvalue weighted by molar-refractivity contribution is -0.0725. The molecule has 11 heteroatoms. The summed E-state index contributed by atoms with van der Waals surface area (Å²) in [6, 6.07) is 5.72. The molecule has 1 saturated heterocycles. The van der Waals surface area contributed by atoms with Gasteiger partial charge in [0.2, 0.25) is 10.0 Å². The first-order valence-corrected chi connectivity index (χ1v) is 10.5. The number of phenols is 1. The van der Waals surface area contributed by atoms with E-state index < -0.39 is 15.9 Å². The van der Waals surface area contributed by atoms with Crippen LogP contribution in [0.3, 0.4) is 0 Å². The predicted octanol–water partition coefficient (Wildman–Crippen LogP) is 1.13. The Balaban J connectivity index is 1.78. The number of halogens is 1. The minimum Gasteiger partial charge on any atom is -0.507 e. The number of pyridine rings is 1. The number of aromatic hydroxyl groups is 1. The zero-order chi connectivity index (χ0) is 21.0. The Morgan fingerprint density at radius 1 is 1.28 bits per heavy atom. The lowest BCUT2D eigenvalue weighted by atomic mass is 10.1. The van der Waals surface area contributed by atoms with Crippen LogP contribution >= 0.6 is 11.6 Å². The Bertz CT molecular complexity index is 1050. The Hall–Kier alpha value is -2.53. The summed E-state index contributed by atoms with van der Waals surface area (Å²) in [4.78, 5) is 16.2. The first kappa shape index (κ1) is 21.2. The van der Waals surface area contributed by atoms with E-state index in [9.17, 15) is 18.3 Å². The van der Waals surface area contributed by atoms with E-state index in [2.05, 4.69) is 20.2 Å². The zero-order valence-corrected chi connectivity index (χ0v) is 17.1. The second kappa shape index (κ2) is 8.87. The molecule has 1 aliphatic heterocycles. The second-order valence-corrected chi connectivity index (χ2v) is 8.66. The van der Waals surface area contributed by atoms with Crippen LogP contribution in [0.5, 0.6) is 5.75 Å². The number of morpholine rings is 1. The van der Waals surface area contributed by atoms with Crippen LogP contribution in [-0.4, -0.2) is 65.5 Å². The normalized spacial score (nSPS) is 15.9. The average molecular weight is 440 g/mol. The molecule has 0 saturated carbocycles. The van der Waals surface area contributed by atoms with Gasteiger partial charge in [0, 0.05) is 23.0 Å². The number of phenolic OH excluding ortho intramolecular Hbond substituents is 1. The van der Waals surface area contributed by atoms with Crippen LogP contribution in [0.25, 0.3) is 0 Å². The number of hydrazone groups is 1. The number of hydrogen-bond acceptors (Lipinski definition) is 6. The van der Waals surface area contributed by atoms with Gasteiger partial charge in [0.1, 0.15) is 10.6 Å². The van der Waals surface area contributed by atoms with Crippen molar-refractivity contribution in [3.8, 4) is 5.75 Å². The van der Waals surface area contributed by atoms with Gasteiger partial charge >= 0.3 is 0 Å². The van der Waals surface area contributed by atoms with E-state index in [1.165, 1.54) is 41.0 Å². The number of aromatic nitrogens is 1.